The Hall–Kier alpha value is -1.20. The third-order valence-electron chi connectivity index (χ3n) is 2.26. The van der Waals surface area contributed by atoms with Crippen molar-refractivity contribution in [1.82, 2.24) is 9.88 Å². The third-order valence-corrected chi connectivity index (χ3v) is 2.95. The maximum Gasteiger partial charge on any atom is 0.307 e. The van der Waals surface area contributed by atoms with Gasteiger partial charge < -0.3 is 14.6 Å². The van der Waals surface area contributed by atoms with E-state index in [0.29, 0.717) is 11.6 Å². The molecule has 1 N–H and O–H groups in total. The molecular weight excluding hydrogens is 279 g/mol. The summed E-state index contributed by atoms with van der Waals surface area (Å²) < 4.78 is 4.77. The van der Waals surface area contributed by atoms with Crippen LogP contribution in [0.5, 0.6) is 0 Å². The predicted octanol–water partition coefficient (Wildman–Crippen LogP) is 2.35. The van der Waals surface area contributed by atoms with Crippen LogP contribution < -0.4 is 0 Å². The highest BCUT2D eigenvalue weighted by Gasteiger charge is 2.16. The predicted molar refractivity (Wildman–Crippen MR) is 69.0 cm³/mol. The number of aromatic amines is 1. The van der Waals surface area contributed by atoms with Crippen LogP contribution in [0.2, 0.25) is 10.2 Å². The number of aromatic nitrogens is 1. The maximum absolute atomic E-state index is 11.9. The van der Waals surface area contributed by atoms with Gasteiger partial charge in [0.25, 0.3) is 5.91 Å². The van der Waals surface area contributed by atoms with Gasteiger partial charge in [0.2, 0.25) is 0 Å². The first-order valence-electron chi connectivity index (χ1n) is 5.40. The second-order valence-corrected chi connectivity index (χ2v) is 4.41. The number of nitrogens with zero attached hydrogens (tertiary/aromatic N) is 1. The number of nitrogens with one attached hydrogen (secondary N) is 1. The van der Waals surface area contributed by atoms with E-state index in [1.54, 1.807) is 14.0 Å². The molecule has 0 aliphatic carbocycles. The molecular formula is C11H14Cl2N2O3. The average molecular weight is 293 g/mol. The van der Waals surface area contributed by atoms with E-state index in [4.69, 9.17) is 27.9 Å². The van der Waals surface area contributed by atoms with Gasteiger partial charge in [-0.05, 0) is 13.0 Å². The van der Waals surface area contributed by atoms with E-state index in [-0.39, 0.29) is 35.7 Å². The van der Waals surface area contributed by atoms with Crippen LogP contribution in [0.3, 0.4) is 0 Å². The molecule has 0 saturated carbocycles. The van der Waals surface area contributed by atoms with Gasteiger partial charge >= 0.3 is 5.97 Å². The SMILES string of the molecule is CCOC(=O)CCN(C)C(=O)c1cc(Cl)c(Cl)[nH]1. The van der Waals surface area contributed by atoms with Crippen LogP contribution in [0.4, 0.5) is 0 Å². The number of hydrogen-bond acceptors (Lipinski definition) is 3. The monoisotopic (exact) mass is 292 g/mol. The van der Waals surface area contributed by atoms with Crippen LogP contribution >= 0.6 is 23.2 Å². The lowest BCUT2D eigenvalue weighted by atomic mass is 10.3. The van der Waals surface area contributed by atoms with Crippen molar-refractivity contribution >= 4 is 35.1 Å². The van der Waals surface area contributed by atoms with E-state index in [0.717, 1.165) is 0 Å². The Morgan fingerprint density at radius 3 is 2.61 bits per heavy atom. The maximum atomic E-state index is 11.9. The smallest absolute Gasteiger partial charge is 0.307 e. The molecule has 1 aromatic heterocycles. The van der Waals surface area contributed by atoms with Crippen molar-refractivity contribution in [2.24, 2.45) is 0 Å². The Morgan fingerprint density at radius 1 is 1.44 bits per heavy atom. The molecule has 100 valence electrons. The van der Waals surface area contributed by atoms with Gasteiger partial charge in [0.1, 0.15) is 10.8 Å². The Kier molecular flexibility index (Phi) is 5.50. The Morgan fingerprint density at radius 2 is 2.11 bits per heavy atom. The molecule has 0 fully saturated rings. The van der Waals surface area contributed by atoms with E-state index in [9.17, 15) is 9.59 Å². The minimum absolute atomic E-state index is 0.151. The number of ether oxygens (including phenoxy) is 1. The fourth-order valence-corrected chi connectivity index (χ4v) is 1.63. The molecule has 0 radical (unpaired) electrons. The molecule has 1 heterocycles. The van der Waals surface area contributed by atoms with Gasteiger partial charge in [-0.2, -0.15) is 0 Å². The van der Waals surface area contributed by atoms with E-state index in [1.807, 2.05) is 0 Å². The first-order chi connectivity index (χ1) is 8.45. The molecule has 1 aromatic rings. The molecule has 0 unspecified atom stereocenters. The van der Waals surface area contributed by atoms with Crippen molar-refractivity contribution in [3.05, 3.63) is 21.9 Å². The molecule has 0 aliphatic heterocycles. The summed E-state index contributed by atoms with van der Waals surface area (Å²) in [7, 11) is 1.59. The van der Waals surface area contributed by atoms with Crippen LogP contribution in [-0.4, -0.2) is 42.0 Å². The van der Waals surface area contributed by atoms with Crippen LogP contribution in [-0.2, 0) is 9.53 Å². The van der Waals surface area contributed by atoms with E-state index in [1.165, 1.54) is 11.0 Å². The first kappa shape index (κ1) is 14.9. The molecule has 1 amide bonds. The molecule has 0 aliphatic rings. The summed E-state index contributed by atoms with van der Waals surface area (Å²) in [5.41, 5.74) is 0.288. The van der Waals surface area contributed by atoms with Crippen LogP contribution in [0.15, 0.2) is 6.07 Å². The number of rotatable bonds is 5. The molecule has 1 rings (SSSR count). The number of halogens is 2. The molecule has 0 atom stereocenters. The van der Waals surface area contributed by atoms with Gasteiger partial charge in [0, 0.05) is 13.6 Å². The third kappa shape index (κ3) is 3.92. The van der Waals surface area contributed by atoms with Gasteiger partial charge in [-0.3, -0.25) is 9.59 Å². The fourth-order valence-electron chi connectivity index (χ4n) is 1.32. The van der Waals surface area contributed by atoms with Gasteiger partial charge in [-0.25, -0.2) is 0 Å². The van der Waals surface area contributed by atoms with Gasteiger partial charge in [0.05, 0.1) is 18.1 Å². The van der Waals surface area contributed by atoms with E-state index >= 15 is 0 Å². The van der Waals surface area contributed by atoms with Gasteiger partial charge in [-0.15, -0.1) is 0 Å². The second kappa shape index (κ2) is 6.66. The number of H-pyrrole nitrogens is 1. The molecule has 0 bridgehead atoms. The Labute approximate surface area is 115 Å². The second-order valence-electron chi connectivity index (χ2n) is 3.63. The van der Waals surface area contributed by atoms with E-state index in [2.05, 4.69) is 4.98 Å². The van der Waals surface area contributed by atoms with Crippen molar-refractivity contribution in [2.75, 3.05) is 20.2 Å². The largest absolute Gasteiger partial charge is 0.466 e. The zero-order valence-electron chi connectivity index (χ0n) is 10.1. The highest BCUT2D eigenvalue weighted by atomic mass is 35.5. The lowest BCUT2D eigenvalue weighted by Crippen LogP contribution is -2.29. The number of amides is 1. The van der Waals surface area contributed by atoms with Crippen molar-refractivity contribution in [2.45, 2.75) is 13.3 Å². The summed E-state index contributed by atoms with van der Waals surface area (Å²) in [4.78, 5) is 27.1. The van der Waals surface area contributed by atoms with Gasteiger partial charge in [-0.1, -0.05) is 23.2 Å². The standard InChI is InChI=1S/C11H14Cl2N2O3/c1-3-18-9(16)4-5-15(2)11(17)8-6-7(12)10(13)14-8/h6,14H,3-5H2,1-2H3. The van der Waals surface area contributed by atoms with E-state index < -0.39 is 0 Å². The van der Waals surface area contributed by atoms with Crippen LogP contribution in [0, 0.1) is 0 Å². The van der Waals surface area contributed by atoms with Crippen molar-refractivity contribution in [3.63, 3.8) is 0 Å². The molecule has 0 aromatic carbocycles. The summed E-state index contributed by atoms with van der Waals surface area (Å²) in [6.45, 7) is 2.33. The summed E-state index contributed by atoms with van der Waals surface area (Å²) in [5.74, 6) is -0.618. The molecule has 0 spiro atoms. The van der Waals surface area contributed by atoms with Crippen LogP contribution in [0.25, 0.3) is 0 Å². The lowest BCUT2D eigenvalue weighted by Gasteiger charge is -2.15. The molecule has 5 nitrogen and oxygen atoms in total. The highest BCUT2D eigenvalue weighted by Crippen LogP contribution is 2.22. The van der Waals surface area contributed by atoms with Crippen molar-refractivity contribution < 1.29 is 14.3 Å². The topological polar surface area (TPSA) is 62.4 Å². The summed E-state index contributed by atoms with van der Waals surface area (Å²) in [6, 6.07) is 1.45. The molecule has 7 heteroatoms. The number of hydrogen-bond donors (Lipinski definition) is 1. The quantitative estimate of drug-likeness (QED) is 0.848. The zero-order chi connectivity index (χ0) is 13.7. The van der Waals surface area contributed by atoms with Gasteiger partial charge in [0.15, 0.2) is 0 Å². The minimum atomic E-state index is -0.334. The Balaban J connectivity index is 2.54. The number of carbonyl (C=O) groups excluding carboxylic acids is 2. The average Bonchev–Trinajstić information content (AvgIpc) is 2.66. The number of esters is 1. The molecule has 18 heavy (non-hydrogen) atoms. The normalized spacial score (nSPS) is 10.2. The zero-order valence-corrected chi connectivity index (χ0v) is 11.6. The van der Waals surface area contributed by atoms with Crippen molar-refractivity contribution in [1.29, 1.82) is 0 Å². The highest BCUT2D eigenvalue weighted by molar-refractivity contribution is 6.41. The number of carbonyl (C=O) groups is 2. The Bertz CT molecular complexity index is 426. The lowest BCUT2D eigenvalue weighted by molar-refractivity contribution is -0.143. The molecule has 0 saturated heterocycles. The summed E-state index contributed by atoms with van der Waals surface area (Å²) >= 11 is 11.5. The summed E-state index contributed by atoms with van der Waals surface area (Å²) in [6.07, 6.45) is 0.151. The first-order valence-corrected chi connectivity index (χ1v) is 6.16. The fraction of sp³-hybridized carbons (Fsp3) is 0.455. The summed E-state index contributed by atoms with van der Waals surface area (Å²) in [5, 5.41) is 0.512. The minimum Gasteiger partial charge on any atom is -0.466 e. The van der Waals surface area contributed by atoms with Crippen LogP contribution in [0.1, 0.15) is 23.8 Å². The van der Waals surface area contributed by atoms with Crippen molar-refractivity contribution in [3.8, 4) is 0 Å².